The molecule has 4 unspecified atom stereocenters. The average molecular weight is 227 g/mol. The van der Waals surface area contributed by atoms with E-state index in [1.54, 1.807) is 0 Å². The van der Waals surface area contributed by atoms with E-state index in [-0.39, 0.29) is 0 Å². The Balaban J connectivity index is 1.61. The van der Waals surface area contributed by atoms with Gasteiger partial charge in [-0.3, -0.25) is 0 Å². The molecule has 0 aromatic rings. The van der Waals surface area contributed by atoms with Gasteiger partial charge in [0.15, 0.2) is 0 Å². The smallest absolute Gasteiger partial charge is 0.0831 e. The van der Waals surface area contributed by atoms with Gasteiger partial charge in [0.1, 0.15) is 0 Å². The minimum absolute atomic E-state index is 0.338. The summed E-state index contributed by atoms with van der Waals surface area (Å²) in [5, 5.41) is 3.69. The molecule has 0 bridgehead atoms. The highest BCUT2D eigenvalue weighted by Gasteiger charge is 2.25. The van der Waals surface area contributed by atoms with Gasteiger partial charge in [-0.1, -0.05) is 13.3 Å². The first-order valence-corrected chi connectivity index (χ1v) is 6.71. The summed E-state index contributed by atoms with van der Waals surface area (Å²) in [6, 6.07) is 1.17. The highest BCUT2D eigenvalue weighted by molar-refractivity contribution is 4.82. The molecule has 94 valence electrons. The van der Waals surface area contributed by atoms with Gasteiger partial charge in [-0.25, -0.2) is 0 Å². The molecule has 16 heavy (non-hydrogen) atoms. The Morgan fingerprint density at radius 1 is 1.38 bits per heavy atom. The van der Waals surface area contributed by atoms with Gasteiger partial charge in [-0.15, -0.1) is 0 Å². The van der Waals surface area contributed by atoms with Crippen molar-refractivity contribution in [3.8, 4) is 0 Å². The van der Waals surface area contributed by atoms with Crippen LogP contribution in [0.2, 0.25) is 0 Å². The van der Waals surface area contributed by atoms with Crippen LogP contribution in [0, 0.1) is 5.92 Å². The molecule has 0 aromatic carbocycles. The van der Waals surface area contributed by atoms with E-state index in [1.807, 2.05) is 0 Å². The van der Waals surface area contributed by atoms with Crippen LogP contribution in [0.5, 0.6) is 0 Å². The topological polar surface area (TPSA) is 30.5 Å². The summed E-state index contributed by atoms with van der Waals surface area (Å²) in [5.74, 6) is 0.831. The fraction of sp³-hybridized carbons (Fsp3) is 1.00. The van der Waals surface area contributed by atoms with E-state index in [9.17, 15) is 0 Å². The zero-order valence-corrected chi connectivity index (χ0v) is 10.6. The first-order valence-electron chi connectivity index (χ1n) is 6.71. The predicted octanol–water partition coefficient (Wildman–Crippen LogP) is 1.96. The molecule has 0 spiro atoms. The van der Waals surface area contributed by atoms with Gasteiger partial charge in [-0.2, -0.15) is 0 Å². The normalized spacial score (nSPS) is 36.8. The van der Waals surface area contributed by atoms with Crippen LogP contribution in [-0.2, 0) is 9.47 Å². The fourth-order valence-electron chi connectivity index (χ4n) is 2.73. The van der Waals surface area contributed by atoms with Crippen molar-refractivity contribution in [1.29, 1.82) is 0 Å². The van der Waals surface area contributed by atoms with Gasteiger partial charge in [0, 0.05) is 18.7 Å². The number of rotatable bonds is 5. The van der Waals surface area contributed by atoms with Crippen LogP contribution in [0.3, 0.4) is 0 Å². The quantitative estimate of drug-likeness (QED) is 0.779. The summed E-state index contributed by atoms with van der Waals surface area (Å²) in [6.07, 6.45) is 5.49. The Bertz CT molecular complexity index is 204. The summed E-state index contributed by atoms with van der Waals surface area (Å²) in [4.78, 5) is 0. The second kappa shape index (κ2) is 5.99. The summed E-state index contributed by atoms with van der Waals surface area (Å²) in [7, 11) is 0. The minimum atomic E-state index is 0.338. The SMILES string of the molecule is CC(COC1CCOC1)NC1CCCC1C. The summed E-state index contributed by atoms with van der Waals surface area (Å²) in [6.45, 7) is 7.04. The lowest BCUT2D eigenvalue weighted by Crippen LogP contribution is -2.41. The number of nitrogens with one attached hydrogen (secondary N) is 1. The van der Waals surface area contributed by atoms with Crippen LogP contribution in [-0.4, -0.2) is 38.0 Å². The maximum atomic E-state index is 5.82. The molecule has 1 saturated carbocycles. The van der Waals surface area contributed by atoms with Crippen LogP contribution in [0.1, 0.15) is 39.5 Å². The third kappa shape index (κ3) is 3.44. The molecule has 0 radical (unpaired) electrons. The Kier molecular flexibility index (Phi) is 4.62. The van der Waals surface area contributed by atoms with Gasteiger partial charge in [0.2, 0.25) is 0 Å². The van der Waals surface area contributed by atoms with E-state index in [4.69, 9.17) is 9.47 Å². The maximum Gasteiger partial charge on any atom is 0.0831 e. The molecule has 0 aromatic heterocycles. The third-order valence-electron chi connectivity index (χ3n) is 3.83. The number of hydrogen-bond donors (Lipinski definition) is 1. The molecule has 2 fully saturated rings. The maximum absolute atomic E-state index is 5.82. The number of hydrogen-bond acceptors (Lipinski definition) is 3. The van der Waals surface area contributed by atoms with Crippen molar-refractivity contribution in [2.75, 3.05) is 19.8 Å². The fourth-order valence-corrected chi connectivity index (χ4v) is 2.73. The van der Waals surface area contributed by atoms with Crippen LogP contribution >= 0.6 is 0 Å². The highest BCUT2D eigenvalue weighted by atomic mass is 16.5. The van der Waals surface area contributed by atoms with E-state index < -0.39 is 0 Å². The second-order valence-electron chi connectivity index (χ2n) is 5.40. The number of ether oxygens (including phenoxy) is 2. The molecular formula is C13H25NO2. The monoisotopic (exact) mass is 227 g/mol. The van der Waals surface area contributed by atoms with Crippen molar-refractivity contribution >= 4 is 0 Å². The molecular weight excluding hydrogens is 202 g/mol. The van der Waals surface area contributed by atoms with E-state index in [2.05, 4.69) is 19.2 Å². The largest absolute Gasteiger partial charge is 0.379 e. The Morgan fingerprint density at radius 2 is 2.25 bits per heavy atom. The Hall–Kier alpha value is -0.120. The van der Waals surface area contributed by atoms with Crippen molar-refractivity contribution in [3.05, 3.63) is 0 Å². The molecule has 3 heteroatoms. The van der Waals surface area contributed by atoms with Gasteiger partial charge >= 0.3 is 0 Å². The molecule has 1 saturated heterocycles. The van der Waals surface area contributed by atoms with E-state index in [0.717, 1.165) is 32.2 Å². The van der Waals surface area contributed by atoms with Gasteiger partial charge in [0.25, 0.3) is 0 Å². The van der Waals surface area contributed by atoms with Gasteiger partial charge in [-0.05, 0) is 32.1 Å². The molecule has 1 N–H and O–H groups in total. The van der Waals surface area contributed by atoms with E-state index in [1.165, 1.54) is 19.3 Å². The molecule has 2 aliphatic rings. The van der Waals surface area contributed by atoms with Crippen molar-refractivity contribution in [2.45, 2.75) is 57.7 Å². The Labute approximate surface area is 98.9 Å². The van der Waals surface area contributed by atoms with E-state index in [0.29, 0.717) is 18.2 Å². The average Bonchev–Trinajstić information content (AvgIpc) is 2.88. The van der Waals surface area contributed by atoms with Crippen LogP contribution in [0.4, 0.5) is 0 Å². The lowest BCUT2D eigenvalue weighted by Gasteiger charge is -2.23. The predicted molar refractivity (Wildman–Crippen MR) is 64.6 cm³/mol. The molecule has 4 atom stereocenters. The summed E-state index contributed by atoms with van der Waals surface area (Å²) >= 11 is 0. The first kappa shape index (κ1) is 12.3. The Morgan fingerprint density at radius 3 is 2.88 bits per heavy atom. The molecule has 1 aliphatic carbocycles. The van der Waals surface area contributed by atoms with Crippen molar-refractivity contribution in [1.82, 2.24) is 5.32 Å². The zero-order valence-electron chi connectivity index (χ0n) is 10.6. The van der Waals surface area contributed by atoms with Crippen molar-refractivity contribution in [2.24, 2.45) is 5.92 Å². The second-order valence-corrected chi connectivity index (χ2v) is 5.40. The zero-order chi connectivity index (χ0) is 11.4. The molecule has 1 heterocycles. The molecule has 0 amide bonds. The molecule has 3 nitrogen and oxygen atoms in total. The van der Waals surface area contributed by atoms with Gasteiger partial charge < -0.3 is 14.8 Å². The summed E-state index contributed by atoms with van der Waals surface area (Å²) in [5.41, 5.74) is 0. The van der Waals surface area contributed by atoms with Crippen molar-refractivity contribution < 1.29 is 9.47 Å². The van der Waals surface area contributed by atoms with Crippen LogP contribution in [0.15, 0.2) is 0 Å². The first-order chi connectivity index (χ1) is 7.75. The molecule has 1 aliphatic heterocycles. The van der Waals surface area contributed by atoms with Crippen molar-refractivity contribution in [3.63, 3.8) is 0 Å². The van der Waals surface area contributed by atoms with Crippen LogP contribution in [0.25, 0.3) is 0 Å². The van der Waals surface area contributed by atoms with E-state index >= 15 is 0 Å². The minimum Gasteiger partial charge on any atom is -0.379 e. The summed E-state index contributed by atoms with van der Waals surface area (Å²) < 4.78 is 11.1. The standard InChI is InChI=1S/C13H25NO2/c1-10-4-3-5-13(10)14-11(2)8-16-12-6-7-15-9-12/h10-14H,3-9H2,1-2H3. The van der Waals surface area contributed by atoms with Crippen LogP contribution < -0.4 is 5.32 Å². The van der Waals surface area contributed by atoms with Gasteiger partial charge in [0.05, 0.1) is 19.3 Å². The lowest BCUT2D eigenvalue weighted by molar-refractivity contribution is 0.0302. The highest BCUT2D eigenvalue weighted by Crippen LogP contribution is 2.25. The lowest BCUT2D eigenvalue weighted by atomic mass is 10.1. The molecule has 2 rings (SSSR count). The third-order valence-corrected chi connectivity index (χ3v) is 3.83.